The summed E-state index contributed by atoms with van der Waals surface area (Å²) in [7, 11) is 0. The van der Waals surface area contributed by atoms with E-state index in [1.165, 1.54) is 30.4 Å². The standard InChI is InChI=1S/C11H17/c1-4-5-6-11-9(2)7-8-10(11)3/h4-7H2,1-3H3. The number of hydrogen-bond donors (Lipinski definition) is 0. The molecular formula is C11H17. The van der Waals surface area contributed by atoms with E-state index in [2.05, 4.69) is 26.8 Å². The SMILES string of the molecule is CCCCC1=C(C)C[C]=C1C. The molecule has 0 unspecified atom stereocenters. The zero-order valence-electron chi connectivity index (χ0n) is 7.83. The Bertz CT molecular complexity index is 194. The van der Waals surface area contributed by atoms with Crippen molar-refractivity contribution in [2.45, 2.75) is 46.5 Å². The van der Waals surface area contributed by atoms with Gasteiger partial charge in [-0.3, -0.25) is 0 Å². The molecule has 1 aliphatic rings. The zero-order chi connectivity index (χ0) is 8.27. The van der Waals surface area contributed by atoms with Crippen molar-refractivity contribution in [2.75, 3.05) is 0 Å². The lowest BCUT2D eigenvalue weighted by atomic mass is 10.0. The van der Waals surface area contributed by atoms with Crippen LogP contribution in [0, 0.1) is 6.08 Å². The maximum absolute atomic E-state index is 3.37. The summed E-state index contributed by atoms with van der Waals surface area (Å²) in [5, 5.41) is 0. The van der Waals surface area contributed by atoms with E-state index in [0.717, 1.165) is 6.42 Å². The fourth-order valence-electron chi connectivity index (χ4n) is 1.55. The molecule has 1 radical (unpaired) electrons. The van der Waals surface area contributed by atoms with Crippen molar-refractivity contribution in [1.82, 2.24) is 0 Å². The van der Waals surface area contributed by atoms with Gasteiger partial charge in [-0.25, -0.2) is 0 Å². The molecule has 0 saturated carbocycles. The maximum atomic E-state index is 3.37. The molecule has 0 spiro atoms. The molecule has 0 saturated heterocycles. The molecule has 0 nitrogen and oxygen atoms in total. The van der Waals surface area contributed by atoms with Crippen LogP contribution in [0.1, 0.15) is 46.5 Å². The van der Waals surface area contributed by atoms with E-state index in [-0.39, 0.29) is 0 Å². The molecule has 0 N–H and O–H groups in total. The normalized spacial score (nSPS) is 17.5. The summed E-state index contributed by atoms with van der Waals surface area (Å²) in [5.41, 5.74) is 4.51. The summed E-state index contributed by atoms with van der Waals surface area (Å²) in [5.74, 6) is 0. The molecule has 1 aliphatic carbocycles. The Morgan fingerprint density at radius 1 is 1.36 bits per heavy atom. The predicted molar refractivity (Wildman–Crippen MR) is 49.3 cm³/mol. The van der Waals surface area contributed by atoms with E-state index in [4.69, 9.17) is 0 Å². The topological polar surface area (TPSA) is 0 Å². The summed E-state index contributed by atoms with van der Waals surface area (Å²) >= 11 is 0. The van der Waals surface area contributed by atoms with E-state index in [9.17, 15) is 0 Å². The maximum Gasteiger partial charge on any atom is -0.00583 e. The van der Waals surface area contributed by atoms with Gasteiger partial charge in [0.15, 0.2) is 0 Å². The van der Waals surface area contributed by atoms with Crippen LogP contribution in [0.25, 0.3) is 0 Å². The van der Waals surface area contributed by atoms with Crippen LogP contribution in [0.5, 0.6) is 0 Å². The van der Waals surface area contributed by atoms with Gasteiger partial charge in [-0.05, 0) is 50.3 Å². The van der Waals surface area contributed by atoms with Crippen LogP contribution in [0.3, 0.4) is 0 Å². The largest absolute Gasteiger partial charge is 0.0654 e. The highest BCUT2D eigenvalue weighted by molar-refractivity contribution is 5.37. The molecule has 11 heavy (non-hydrogen) atoms. The average molecular weight is 149 g/mol. The minimum atomic E-state index is 1.07. The Hall–Kier alpha value is -0.520. The molecule has 0 aromatic rings. The number of allylic oxidation sites excluding steroid dienone is 4. The summed E-state index contributed by atoms with van der Waals surface area (Å²) in [6.07, 6.45) is 8.33. The van der Waals surface area contributed by atoms with Gasteiger partial charge in [-0.2, -0.15) is 0 Å². The van der Waals surface area contributed by atoms with Crippen molar-refractivity contribution in [1.29, 1.82) is 0 Å². The molecule has 0 heterocycles. The van der Waals surface area contributed by atoms with Gasteiger partial charge in [-0.1, -0.05) is 18.9 Å². The van der Waals surface area contributed by atoms with Gasteiger partial charge in [0.1, 0.15) is 0 Å². The molecule has 0 heteroatoms. The van der Waals surface area contributed by atoms with Crippen molar-refractivity contribution in [3.05, 3.63) is 22.8 Å². The van der Waals surface area contributed by atoms with Crippen molar-refractivity contribution in [3.63, 3.8) is 0 Å². The minimum Gasteiger partial charge on any atom is -0.0654 e. The van der Waals surface area contributed by atoms with Crippen molar-refractivity contribution in [2.24, 2.45) is 0 Å². The number of hydrogen-bond acceptors (Lipinski definition) is 0. The molecule has 0 bridgehead atoms. The molecule has 0 aliphatic heterocycles. The molecule has 0 amide bonds. The third kappa shape index (κ3) is 1.95. The van der Waals surface area contributed by atoms with Crippen molar-refractivity contribution < 1.29 is 0 Å². The minimum absolute atomic E-state index is 1.07. The van der Waals surface area contributed by atoms with Crippen LogP contribution < -0.4 is 0 Å². The fourth-order valence-corrected chi connectivity index (χ4v) is 1.55. The Balaban J connectivity index is 2.54. The Kier molecular flexibility index (Phi) is 2.92. The van der Waals surface area contributed by atoms with Gasteiger partial charge in [0, 0.05) is 0 Å². The molecule has 0 aromatic heterocycles. The zero-order valence-corrected chi connectivity index (χ0v) is 7.83. The highest BCUT2D eigenvalue weighted by Crippen LogP contribution is 2.28. The van der Waals surface area contributed by atoms with Gasteiger partial charge in [0.2, 0.25) is 0 Å². The van der Waals surface area contributed by atoms with E-state index in [0.29, 0.717) is 0 Å². The lowest BCUT2D eigenvalue weighted by Gasteiger charge is -2.04. The second kappa shape index (κ2) is 3.75. The summed E-state index contributed by atoms with van der Waals surface area (Å²) in [6, 6.07) is 0. The van der Waals surface area contributed by atoms with Crippen molar-refractivity contribution >= 4 is 0 Å². The summed E-state index contributed by atoms with van der Waals surface area (Å²) in [6.45, 7) is 6.66. The number of rotatable bonds is 3. The van der Waals surface area contributed by atoms with Crippen LogP contribution in [0.2, 0.25) is 0 Å². The smallest absolute Gasteiger partial charge is 0.00583 e. The Morgan fingerprint density at radius 3 is 2.55 bits per heavy atom. The quantitative estimate of drug-likeness (QED) is 0.574. The molecule has 0 fully saturated rings. The van der Waals surface area contributed by atoms with Gasteiger partial charge in [0.05, 0.1) is 0 Å². The molecule has 61 valence electrons. The molecular weight excluding hydrogens is 132 g/mol. The van der Waals surface area contributed by atoms with Crippen LogP contribution in [0.4, 0.5) is 0 Å². The van der Waals surface area contributed by atoms with E-state index < -0.39 is 0 Å². The first-order chi connectivity index (χ1) is 5.25. The monoisotopic (exact) mass is 149 g/mol. The van der Waals surface area contributed by atoms with Gasteiger partial charge in [0.25, 0.3) is 0 Å². The Morgan fingerprint density at radius 2 is 2.09 bits per heavy atom. The third-order valence-electron chi connectivity index (χ3n) is 2.37. The second-order valence-electron chi connectivity index (χ2n) is 3.34. The summed E-state index contributed by atoms with van der Waals surface area (Å²) < 4.78 is 0. The first kappa shape index (κ1) is 8.58. The van der Waals surface area contributed by atoms with E-state index in [1.807, 2.05) is 0 Å². The van der Waals surface area contributed by atoms with Crippen LogP contribution in [0.15, 0.2) is 16.7 Å². The highest BCUT2D eigenvalue weighted by atomic mass is 14.1. The lowest BCUT2D eigenvalue weighted by Crippen LogP contribution is -1.84. The molecule has 0 atom stereocenters. The van der Waals surface area contributed by atoms with Gasteiger partial charge >= 0.3 is 0 Å². The Labute approximate surface area is 70.0 Å². The van der Waals surface area contributed by atoms with Gasteiger partial charge < -0.3 is 0 Å². The van der Waals surface area contributed by atoms with Crippen molar-refractivity contribution in [3.8, 4) is 0 Å². The van der Waals surface area contributed by atoms with Crippen LogP contribution >= 0.6 is 0 Å². The van der Waals surface area contributed by atoms with E-state index in [1.54, 1.807) is 5.57 Å². The molecule has 0 aromatic carbocycles. The van der Waals surface area contributed by atoms with Gasteiger partial charge in [-0.15, -0.1) is 0 Å². The fraction of sp³-hybridized carbons (Fsp3) is 0.636. The average Bonchev–Trinajstić information content (AvgIpc) is 2.29. The third-order valence-corrected chi connectivity index (χ3v) is 2.37. The lowest BCUT2D eigenvalue weighted by molar-refractivity contribution is 0.788. The first-order valence-electron chi connectivity index (χ1n) is 4.52. The predicted octanol–water partition coefficient (Wildman–Crippen LogP) is 3.65. The second-order valence-corrected chi connectivity index (χ2v) is 3.34. The van der Waals surface area contributed by atoms with Crippen LogP contribution in [-0.4, -0.2) is 0 Å². The first-order valence-corrected chi connectivity index (χ1v) is 4.52. The van der Waals surface area contributed by atoms with Crippen LogP contribution in [-0.2, 0) is 0 Å². The highest BCUT2D eigenvalue weighted by Gasteiger charge is 2.09. The number of unbranched alkanes of at least 4 members (excludes halogenated alkanes) is 1. The van der Waals surface area contributed by atoms with E-state index >= 15 is 0 Å². The molecule has 1 rings (SSSR count). The summed E-state index contributed by atoms with van der Waals surface area (Å²) in [4.78, 5) is 0.